The van der Waals surface area contributed by atoms with Crippen molar-refractivity contribution in [3.63, 3.8) is 0 Å². The summed E-state index contributed by atoms with van der Waals surface area (Å²) in [5, 5.41) is 0.422. The fourth-order valence-electron chi connectivity index (χ4n) is 2.49. The fraction of sp³-hybridized carbons (Fsp3) is 0.333. The zero-order valence-corrected chi connectivity index (χ0v) is 15.8. The summed E-state index contributed by atoms with van der Waals surface area (Å²) in [6.07, 6.45) is 4.07. The first kappa shape index (κ1) is 17.6. The molecule has 0 spiro atoms. The molecule has 6 nitrogen and oxygen atoms in total. The van der Waals surface area contributed by atoms with Gasteiger partial charge in [-0.15, -0.1) is 0 Å². The summed E-state index contributed by atoms with van der Waals surface area (Å²) in [5.41, 5.74) is 0. The lowest BCUT2D eigenvalue weighted by Gasteiger charge is -2.31. The summed E-state index contributed by atoms with van der Waals surface area (Å²) in [6.45, 7) is 0.740. The van der Waals surface area contributed by atoms with Crippen LogP contribution in [-0.4, -0.2) is 41.9 Å². The molecule has 1 aromatic heterocycles. The van der Waals surface area contributed by atoms with E-state index in [0.29, 0.717) is 18.0 Å². The zero-order valence-electron chi connectivity index (χ0n) is 12.6. The molecule has 1 atom stereocenters. The molecule has 1 aromatic carbocycles. The SMILES string of the molecule is O=S(=O)(c1ccc(Br)cc1)N1CCCC(Oc2ncc(Cl)cn2)C1. The van der Waals surface area contributed by atoms with Crippen molar-refractivity contribution in [2.24, 2.45) is 0 Å². The normalized spacial score (nSPS) is 19.2. The first-order valence-electron chi connectivity index (χ1n) is 7.35. The summed E-state index contributed by atoms with van der Waals surface area (Å²) < 4.78 is 33.5. The summed E-state index contributed by atoms with van der Waals surface area (Å²) in [7, 11) is -3.54. The van der Waals surface area contributed by atoms with E-state index in [-0.39, 0.29) is 23.6 Å². The molecule has 0 bridgehead atoms. The van der Waals surface area contributed by atoms with Crippen LogP contribution in [-0.2, 0) is 10.0 Å². The Hall–Kier alpha value is -1.22. The Morgan fingerprint density at radius 3 is 2.54 bits per heavy atom. The molecule has 9 heteroatoms. The van der Waals surface area contributed by atoms with Crippen molar-refractivity contribution in [2.75, 3.05) is 13.1 Å². The first-order chi connectivity index (χ1) is 11.4. The van der Waals surface area contributed by atoms with Gasteiger partial charge in [-0.05, 0) is 37.1 Å². The van der Waals surface area contributed by atoms with E-state index < -0.39 is 10.0 Å². The maximum Gasteiger partial charge on any atom is 0.316 e. The minimum absolute atomic E-state index is 0.201. The number of sulfonamides is 1. The Balaban J connectivity index is 1.72. The molecule has 128 valence electrons. The van der Waals surface area contributed by atoms with Gasteiger partial charge in [0.05, 0.1) is 28.9 Å². The van der Waals surface area contributed by atoms with Gasteiger partial charge in [-0.1, -0.05) is 27.5 Å². The van der Waals surface area contributed by atoms with E-state index in [0.717, 1.165) is 10.9 Å². The van der Waals surface area contributed by atoms with Crippen LogP contribution >= 0.6 is 27.5 Å². The molecule has 1 unspecified atom stereocenters. The molecule has 0 radical (unpaired) electrons. The lowest BCUT2D eigenvalue weighted by molar-refractivity contribution is 0.119. The lowest BCUT2D eigenvalue weighted by atomic mass is 10.1. The van der Waals surface area contributed by atoms with Crippen molar-refractivity contribution in [3.8, 4) is 6.01 Å². The van der Waals surface area contributed by atoms with Crippen molar-refractivity contribution in [3.05, 3.63) is 46.2 Å². The molecular weight excluding hydrogens is 418 g/mol. The third-order valence-electron chi connectivity index (χ3n) is 3.66. The van der Waals surface area contributed by atoms with Gasteiger partial charge in [0.15, 0.2) is 0 Å². The number of hydrogen-bond acceptors (Lipinski definition) is 5. The van der Waals surface area contributed by atoms with Gasteiger partial charge in [-0.25, -0.2) is 18.4 Å². The second kappa shape index (κ2) is 7.35. The van der Waals surface area contributed by atoms with E-state index in [1.165, 1.54) is 16.7 Å². The summed E-state index contributed by atoms with van der Waals surface area (Å²) in [5.74, 6) is 0. The molecule has 2 aromatic rings. The highest BCUT2D eigenvalue weighted by Gasteiger charge is 2.31. The summed E-state index contributed by atoms with van der Waals surface area (Å²) >= 11 is 9.05. The summed E-state index contributed by atoms with van der Waals surface area (Å²) in [4.78, 5) is 8.25. The van der Waals surface area contributed by atoms with E-state index in [2.05, 4.69) is 25.9 Å². The third-order valence-corrected chi connectivity index (χ3v) is 6.26. The van der Waals surface area contributed by atoms with Crippen LogP contribution in [0.3, 0.4) is 0 Å². The lowest BCUT2D eigenvalue weighted by Crippen LogP contribution is -2.44. The van der Waals surface area contributed by atoms with Gasteiger partial charge in [0.25, 0.3) is 0 Å². The largest absolute Gasteiger partial charge is 0.459 e. The van der Waals surface area contributed by atoms with E-state index in [9.17, 15) is 8.42 Å². The number of aromatic nitrogens is 2. The van der Waals surface area contributed by atoms with Gasteiger partial charge < -0.3 is 4.74 Å². The minimum Gasteiger partial charge on any atom is -0.459 e. The highest BCUT2D eigenvalue weighted by Crippen LogP contribution is 2.24. The van der Waals surface area contributed by atoms with Gasteiger partial charge >= 0.3 is 6.01 Å². The number of nitrogens with zero attached hydrogens (tertiary/aromatic N) is 3. The standard InChI is InChI=1S/C15H15BrClN3O3S/c16-11-3-5-14(6-4-11)24(21,22)20-7-1-2-13(10-20)23-15-18-8-12(17)9-19-15/h3-6,8-9,13H,1-2,7,10H2. The third kappa shape index (κ3) is 4.05. The van der Waals surface area contributed by atoms with Crippen molar-refractivity contribution in [1.29, 1.82) is 0 Å². The highest BCUT2D eigenvalue weighted by atomic mass is 79.9. The van der Waals surface area contributed by atoms with Crippen molar-refractivity contribution < 1.29 is 13.2 Å². The first-order valence-corrected chi connectivity index (χ1v) is 9.96. The van der Waals surface area contributed by atoms with Gasteiger partial charge in [0.2, 0.25) is 10.0 Å². The van der Waals surface area contributed by atoms with Gasteiger partial charge in [0.1, 0.15) is 6.10 Å². The fourth-order valence-corrected chi connectivity index (χ4v) is 4.36. The van der Waals surface area contributed by atoms with Crippen LogP contribution in [0.25, 0.3) is 0 Å². The molecular formula is C15H15BrClN3O3S. The molecule has 0 saturated carbocycles. The second-order valence-corrected chi connectivity index (χ2v) is 8.67. The van der Waals surface area contributed by atoms with Crippen LogP contribution in [0.1, 0.15) is 12.8 Å². The smallest absolute Gasteiger partial charge is 0.316 e. The Labute approximate surface area is 154 Å². The molecule has 1 saturated heterocycles. The van der Waals surface area contributed by atoms with Crippen LogP contribution in [0.4, 0.5) is 0 Å². The Morgan fingerprint density at radius 1 is 1.21 bits per heavy atom. The number of ether oxygens (including phenoxy) is 1. The van der Waals surface area contributed by atoms with E-state index >= 15 is 0 Å². The average Bonchev–Trinajstić information content (AvgIpc) is 2.58. The Bertz CT molecular complexity index is 800. The molecule has 0 amide bonds. The molecule has 1 aliphatic heterocycles. The molecule has 0 N–H and O–H groups in total. The predicted octanol–water partition coefficient (Wildman–Crippen LogP) is 3.12. The molecule has 2 heterocycles. The predicted molar refractivity (Wildman–Crippen MR) is 93.6 cm³/mol. The van der Waals surface area contributed by atoms with Crippen LogP contribution in [0.2, 0.25) is 5.02 Å². The number of rotatable bonds is 4. The average molecular weight is 433 g/mol. The Kier molecular flexibility index (Phi) is 5.39. The topological polar surface area (TPSA) is 72.4 Å². The number of benzene rings is 1. The number of halogens is 2. The maximum atomic E-state index is 12.7. The number of hydrogen-bond donors (Lipinski definition) is 0. The number of piperidine rings is 1. The zero-order chi connectivity index (χ0) is 17.2. The van der Waals surface area contributed by atoms with Gasteiger partial charge in [0, 0.05) is 11.0 Å². The molecule has 0 aliphatic carbocycles. The van der Waals surface area contributed by atoms with Crippen LogP contribution < -0.4 is 4.74 Å². The van der Waals surface area contributed by atoms with E-state index in [1.54, 1.807) is 24.3 Å². The van der Waals surface area contributed by atoms with Crippen LogP contribution in [0, 0.1) is 0 Å². The van der Waals surface area contributed by atoms with Crippen LogP contribution in [0.15, 0.2) is 46.0 Å². The second-order valence-electron chi connectivity index (χ2n) is 5.38. The van der Waals surface area contributed by atoms with Crippen molar-refractivity contribution in [1.82, 2.24) is 14.3 Å². The highest BCUT2D eigenvalue weighted by molar-refractivity contribution is 9.10. The monoisotopic (exact) mass is 431 g/mol. The van der Waals surface area contributed by atoms with Gasteiger partial charge in [-0.3, -0.25) is 0 Å². The molecule has 3 rings (SSSR count). The van der Waals surface area contributed by atoms with Crippen molar-refractivity contribution in [2.45, 2.75) is 23.8 Å². The van der Waals surface area contributed by atoms with Gasteiger partial charge in [-0.2, -0.15) is 4.31 Å². The minimum atomic E-state index is -3.54. The summed E-state index contributed by atoms with van der Waals surface area (Å²) in [6, 6.07) is 6.81. The quantitative estimate of drug-likeness (QED) is 0.742. The molecule has 1 fully saturated rings. The van der Waals surface area contributed by atoms with Crippen molar-refractivity contribution >= 4 is 37.6 Å². The van der Waals surface area contributed by atoms with E-state index in [1.807, 2.05) is 0 Å². The maximum absolute atomic E-state index is 12.7. The Morgan fingerprint density at radius 2 is 1.88 bits per heavy atom. The molecule has 1 aliphatic rings. The molecule has 24 heavy (non-hydrogen) atoms. The van der Waals surface area contributed by atoms with E-state index in [4.69, 9.17) is 16.3 Å². The van der Waals surface area contributed by atoms with Crippen LogP contribution in [0.5, 0.6) is 6.01 Å².